The molecule has 0 aliphatic rings. The second kappa shape index (κ2) is 10.4. The first-order valence-corrected chi connectivity index (χ1v) is 3.51. The maximum Gasteiger partial charge on any atom is 0.119 e. The first kappa shape index (κ1) is 19.0. The van der Waals surface area contributed by atoms with E-state index in [2.05, 4.69) is 0 Å². The van der Waals surface area contributed by atoms with E-state index in [1.165, 1.54) is 0 Å². The van der Waals surface area contributed by atoms with Gasteiger partial charge in [0.15, 0.2) is 0 Å². The van der Waals surface area contributed by atoms with Crippen LogP contribution in [0.25, 0.3) is 0 Å². The van der Waals surface area contributed by atoms with E-state index < -0.39 is 0 Å². The Bertz CT molecular complexity index is 192. The SMILES string of the molecule is CC(C)Oc1ccccc1.Cl.Cl.[Ti]. The molecule has 0 heterocycles. The van der Waals surface area contributed by atoms with E-state index in [-0.39, 0.29) is 52.6 Å². The fourth-order valence-electron chi connectivity index (χ4n) is 0.771. The number of hydrogen-bond donors (Lipinski definition) is 0. The molecule has 0 radical (unpaired) electrons. The molecule has 0 aromatic heterocycles. The van der Waals surface area contributed by atoms with Crippen LogP contribution in [0.5, 0.6) is 5.75 Å². The quantitative estimate of drug-likeness (QED) is 0.738. The molecule has 1 nitrogen and oxygen atoms in total. The van der Waals surface area contributed by atoms with Crippen molar-refractivity contribution in [2.45, 2.75) is 20.0 Å². The molecule has 13 heavy (non-hydrogen) atoms. The van der Waals surface area contributed by atoms with Crippen LogP contribution in [-0.4, -0.2) is 6.10 Å². The molecule has 0 N–H and O–H groups in total. The van der Waals surface area contributed by atoms with Crippen LogP contribution in [0.15, 0.2) is 30.3 Å². The Hall–Kier alpha value is 0.314. The Balaban J connectivity index is -0.000000333. The summed E-state index contributed by atoms with van der Waals surface area (Å²) < 4.78 is 5.41. The van der Waals surface area contributed by atoms with Gasteiger partial charge in [-0.3, -0.25) is 0 Å². The molecule has 1 aromatic carbocycles. The monoisotopic (exact) mass is 256 g/mol. The van der Waals surface area contributed by atoms with Crippen molar-refractivity contribution in [1.82, 2.24) is 0 Å². The third kappa shape index (κ3) is 8.64. The minimum atomic E-state index is 0. The summed E-state index contributed by atoms with van der Waals surface area (Å²) in [5, 5.41) is 0. The number of halogens is 2. The van der Waals surface area contributed by atoms with Crippen LogP contribution >= 0.6 is 24.8 Å². The molecule has 0 fully saturated rings. The maximum atomic E-state index is 5.41. The van der Waals surface area contributed by atoms with E-state index in [0.29, 0.717) is 0 Å². The Morgan fingerprint density at radius 2 is 1.46 bits per heavy atom. The van der Waals surface area contributed by atoms with Gasteiger partial charge in [0.2, 0.25) is 0 Å². The maximum absolute atomic E-state index is 5.41. The van der Waals surface area contributed by atoms with Crippen molar-refractivity contribution in [1.29, 1.82) is 0 Å². The summed E-state index contributed by atoms with van der Waals surface area (Å²) >= 11 is 0. The first-order valence-electron chi connectivity index (χ1n) is 3.51. The Kier molecular flexibility index (Phi) is 15.2. The third-order valence-electron chi connectivity index (χ3n) is 1.11. The summed E-state index contributed by atoms with van der Waals surface area (Å²) in [5.41, 5.74) is 0. The number of rotatable bonds is 2. The fourth-order valence-corrected chi connectivity index (χ4v) is 0.771. The van der Waals surface area contributed by atoms with Crippen LogP contribution in [0.2, 0.25) is 0 Å². The van der Waals surface area contributed by atoms with Gasteiger partial charge in [-0.1, -0.05) is 18.2 Å². The van der Waals surface area contributed by atoms with Crippen molar-refractivity contribution in [3.63, 3.8) is 0 Å². The zero-order valence-corrected chi connectivity index (χ0v) is 10.9. The normalized spacial score (nSPS) is 7.62. The van der Waals surface area contributed by atoms with Crippen LogP contribution in [0.4, 0.5) is 0 Å². The van der Waals surface area contributed by atoms with Gasteiger partial charge in [-0.2, -0.15) is 0 Å². The molecule has 0 saturated carbocycles. The molecule has 0 unspecified atom stereocenters. The summed E-state index contributed by atoms with van der Waals surface area (Å²) in [6.45, 7) is 4.04. The summed E-state index contributed by atoms with van der Waals surface area (Å²) in [7, 11) is 0. The first-order chi connectivity index (χ1) is 4.79. The van der Waals surface area contributed by atoms with Crippen LogP contribution in [0, 0.1) is 0 Å². The molecule has 1 aromatic rings. The van der Waals surface area contributed by atoms with Gasteiger partial charge in [0.1, 0.15) is 5.75 Å². The molecule has 0 spiro atoms. The predicted molar refractivity (Wildman–Crippen MR) is 56.7 cm³/mol. The second-order valence-corrected chi connectivity index (χ2v) is 2.48. The van der Waals surface area contributed by atoms with E-state index in [1.54, 1.807) is 0 Å². The minimum absolute atomic E-state index is 0. The average Bonchev–Trinajstić information content (AvgIpc) is 1.88. The Labute approximate surface area is 107 Å². The molecule has 74 valence electrons. The largest absolute Gasteiger partial charge is 0.491 e. The molecule has 0 bridgehead atoms. The van der Waals surface area contributed by atoms with E-state index in [0.717, 1.165) is 5.75 Å². The Morgan fingerprint density at radius 3 is 1.85 bits per heavy atom. The van der Waals surface area contributed by atoms with Gasteiger partial charge in [-0.05, 0) is 26.0 Å². The van der Waals surface area contributed by atoms with Gasteiger partial charge >= 0.3 is 0 Å². The summed E-state index contributed by atoms with van der Waals surface area (Å²) in [5.74, 6) is 0.942. The van der Waals surface area contributed by atoms with E-state index in [1.807, 2.05) is 44.2 Å². The van der Waals surface area contributed by atoms with Crippen molar-refractivity contribution in [2.24, 2.45) is 0 Å². The van der Waals surface area contributed by atoms with Crippen LogP contribution in [0.1, 0.15) is 13.8 Å². The molecule has 0 amide bonds. The van der Waals surface area contributed by atoms with Crippen LogP contribution in [-0.2, 0) is 21.7 Å². The van der Waals surface area contributed by atoms with Crippen molar-refractivity contribution >= 4 is 24.8 Å². The van der Waals surface area contributed by atoms with E-state index >= 15 is 0 Å². The van der Waals surface area contributed by atoms with Gasteiger partial charge in [0, 0.05) is 21.7 Å². The standard InChI is InChI=1S/C9H12O.2ClH.Ti/c1-8(2)10-9-6-4-3-5-7-9;;;/h3-8H,1-2H3;2*1H;. The molecule has 0 atom stereocenters. The molecule has 0 aliphatic heterocycles. The van der Waals surface area contributed by atoms with E-state index in [9.17, 15) is 0 Å². The average molecular weight is 257 g/mol. The molecule has 1 rings (SSSR count). The minimum Gasteiger partial charge on any atom is -0.491 e. The number of ether oxygens (including phenoxy) is 1. The van der Waals surface area contributed by atoms with Gasteiger partial charge in [0.05, 0.1) is 6.10 Å². The van der Waals surface area contributed by atoms with Crippen LogP contribution in [0.3, 0.4) is 0 Å². The number of para-hydroxylation sites is 1. The van der Waals surface area contributed by atoms with Crippen molar-refractivity contribution in [3.8, 4) is 5.75 Å². The van der Waals surface area contributed by atoms with Crippen LogP contribution < -0.4 is 4.74 Å². The van der Waals surface area contributed by atoms with Gasteiger partial charge in [0.25, 0.3) is 0 Å². The molecular weight excluding hydrogens is 243 g/mol. The van der Waals surface area contributed by atoms with Crippen molar-refractivity contribution in [2.75, 3.05) is 0 Å². The van der Waals surface area contributed by atoms with Crippen molar-refractivity contribution < 1.29 is 26.5 Å². The summed E-state index contributed by atoms with van der Waals surface area (Å²) in [6, 6.07) is 9.84. The molecule has 0 saturated heterocycles. The smallest absolute Gasteiger partial charge is 0.119 e. The molecule has 4 heteroatoms. The number of benzene rings is 1. The van der Waals surface area contributed by atoms with Gasteiger partial charge in [-0.15, -0.1) is 24.8 Å². The fraction of sp³-hybridized carbons (Fsp3) is 0.333. The van der Waals surface area contributed by atoms with E-state index in [4.69, 9.17) is 4.74 Å². The van der Waals surface area contributed by atoms with Gasteiger partial charge < -0.3 is 4.74 Å². The predicted octanol–water partition coefficient (Wildman–Crippen LogP) is 3.31. The van der Waals surface area contributed by atoms with Crippen molar-refractivity contribution in [3.05, 3.63) is 30.3 Å². The zero-order valence-electron chi connectivity index (χ0n) is 7.69. The Morgan fingerprint density at radius 1 is 1.00 bits per heavy atom. The number of hydrogen-bond acceptors (Lipinski definition) is 1. The topological polar surface area (TPSA) is 9.23 Å². The molecule has 0 aliphatic carbocycles. The summed E-state index contributed by atoms with van der Waals surface area (Å²) in [6.07, 6.45) is 0.266. The summed E-state index contributed by atoms with van der Waals surface area (Å²) in [4.78, 5) is 0. The van der Waals surface area contributed by atoms with Gasteiger partial charge in [-0.25, -0.2) is 0 Å². The zero-order chi connectivity index (χ0) is 7.40. The third-order valence-corrected chi connectivity index (χ3v) is 1.11. The molecular formula is C9H14Cl2OTi. The second-order valence-electron chi connectivity index (χ2n) is 2.48.